The second-order valence-electron chi connectivity index (χ2n) is 6.05. The molecule has 25 heavy (non-hydrogen) atoms. The molecule has 0 saturated heterocycles. The second-order valence-corrected chi connectivity index (χ2v) is 6.05. The molecule has 1 aromatic carbocycles. The molecule has 0 fully saturated rings. The molecule has 1 aliphatic rings. The number of anilines is 1. The number of hydrogen-bond acceptors (Lipinski definition) is 5. The highest BCUT2D eigenvalue weighted by atomic mass is 16.4. The number of amides is 1. The number of allylic oxidation sites excluding steroid dienone is 1. The Kier molecular flexibility index (Phi) is 4.52. The monoisotopic (exact) mass is 338 g/mol. The van der Waals surface area contributed by atoms with E-state index >= 15 is 0 Å². The van der Waals surface area contributed by atoms with Gasteiger partial charge in [0.25, 0.3) is 5.91 Å². The highest BCUT2D eigenvalue weighted by Gasteiger charge is 2.26. The molecule has 0 bridgehead atoms. The summed E-state index contributed by atoms with van der Waals surface area (Å²) in [5.74, 6) is -0.252. The van der Waals surface area contributed by atoms with Crippen LogP contribution in [0.2, 0.25) is 0 Å². The molecule has 3 rings (SSSR count). The molecule has 1 heterocycles. The Hall–Kier alpha value is -3.15. The molecule has 0 atom stereocenters. The number of carbonyl (C=O) groups is 2. The van der Waals surface area contributed by atoms with E-state index in [9.17, 15) is 14.4 Å². The zero-order valence-corrected chi connectivity index (χ0v) is 14.0. The van der Waals surface area contributed by atoms with Gasteiger partial charge in [0.1, 0.15) is 11.4 Å². The number of hydrogen-bond donors (Lipinski definition) is 1. The van der Waals surface area contributed by atoms with Crippen molar-refractivity contribution in [1.82, 2.24) is 4.90 Å². The molecule has 0 aliphatic heterocycles. The van der Waals surface area contributed by atoms with Crippen LogP contribution in [0.25, 0.3) is 5.57 Å². The van der Waals surface area contributed by atoms with Crippen LogP contribution in [0.3, 0.4) is 0 Å². The van der Waals surface area contributed by atoms with Gasteiger partial charge in [-0.1, -0.05) is 18.2 Å². The SMILES string of the molecule is CN(C)/C=C1\CCC(=O)c2cc(NC(=O)c3ccccc3)c(=O)oc21. The van der Waals surface area contributed by atoms with Crippen LogP contribution < -0.4 is 10.9 Å². The lowest BCUT2D eigenvalue weighted by Crippen LogP contribution is -2.21. The van der Waals surface area contributed by atoms with Gasteiger partial charge in [-0.25, -0.2) is 4.79 Å². The van der Waals surface area contributed by atoms with Crippen LogP contribution >= 0.6 is 0 Å². The number of ketones is 1. The highest BCUT2D eigenvalue weighted by molar-refractivity contribution is 6.06. The molecule has 1 N–H and O–H groups in total. The smallest absolute Gasteiger partial charge is 0.360 e. The lowest BCUT2D eigenvalue weighted by molar-refractivity contribution is 0.0974. The first-order valence-electron chi connectivity index (χ1n) is 7.91. The van der Waals surface area contributed by atoms with Crippen molar-refractivity contribution in [1.29, 1.82) is 0 Å². The van der Waals surface area contributed by atoms with Gasteiger partial charge in [0, 0.05) is 37.9 Å². The summed E-state index contributed by atoms with van der Waals surface area (Å²) in [6.07, 6.45) is 2.69. The molecule has 1 amide bonds. The van der Waals surface area contributed by atoms with E-state index in [0.717, 1.165) is 5.57 Å². The number of carbonyl (C=O) groups excluding carboxylic acids is 2. The van der Waals surface area contributed by atoms with Gasteiger partial charge in [0.15, 0.2) is 5.78 Å². The van der Waals surface area contributed by atoms with Gasteiger partial charge >= 0.3 is 5.63 Å². The summed E-state index contributed by atoms with van der Waals surface area (Å²) in [7, 11) is 3.71. The summed E-state index contributed by atoms with van der Waals surface area (Å²) in [6, 6.07) is 9.93. The number of rotatable bonds is 3. The fourth-order valence-corrected chi connectivity index (χ4v) is 2.72. The van der Waals surface area contributed by atoms with Gasteiger partial charge in [0.05, 0.1) is 5.56 Å². The minimum Gasteiger partial charge on any atom is -0.421 e. The van der Waals surface area contributed by atoms with Gasteiger partial charge in [-0.15, -0.1) is 0 Å². The third-order valence-electron chi connectivity index (χ3n) is 3.86. The standard InChI is InChI=1S/C19H18N2O4/c1-21(2)11-13-8-9-16(22)14-10-15(19(24)25-17(13)14)20-18(23)12-6-4-3-5-7-12/h3-7,10-11H,8-9H2,1-2H3,(H,20,23)/b13-11+. The Morgan fingerprint density at radius 2 is 1.88 bits per heavy atom. The van der Waals surface area contributed by atoms with E-state index < -0.39 is 11.5 Å². The Labute approximate surface area is 144 Å². The maximum Gasteiger partial charge on any atom is 0.360 e. The van der Waals surface area contributed by atoms with Crippen LogP contribution in [0.15, 0.2) is 51.8 Å². The Bertz CT molecular complexity index is 911. The normalized spacial score (nSPS) is 15.0. The molecule has 1 aliphatic carbocycles. The molecule has 0 spiro atoms. The molecule has 0 unspecified atom stereocenters. The molecular weight excluding hydrogens is 320 g/mol. The van der Waals surface area contributed by atoms with Crippen LogP contribution in [0.5, 0.6) is 0 Å². The van der Waals surface area contributed by atoms with Crippen molar-refractivity contribution < 1.29 is 14.0 Å². The van der Waals surface area contributed by atoms with E-state index in [0.29, 0.717) is 24.0 Å². The van der Waals surface area contributed by atoms with Crippen molar-refractivity contribution in [2.75, 3.05) is 19.4 Å². The van der Waals surface area contributed by atoms with E-state index in [1.54, 1.807) is 30.3 Å². The lowest BCUT2D eigenvalue weighted by atomic mass is 9.91. The maximum absolute atomic E-state index is 12.3. The molecule has 6 nitrogen and oxygen atoms in total. The average Bonchev–Trinajstić information content (AvgIpc) is 2.59. The van der Waals surface area contributed by atoms with Crippen LogP contribution in [-0.2, 0) is 0 Å². The quantitative estimate of drug-likeness (QED) is 0.931. The van der Waals surface area contributed by atoms with Crippen molar-refractivity contribution in [3.05, 3.63) is 69.9 Å². The number of fused-ring (bicyclic) bond motifs is 1. The molecule has 128 valence electrons. The highest BCUT2D eigenvalue weighted by Crippen LogP contribution is 2.31. The summed E-state index contributed by atoms with van der Waals surface area (Å²) in [5.41, 5.74) is 0.813. The van der Waals surface area contributed by atoms with E-state index in [-0.39, 0.29) is 17.2 Å². The first kappa shape index (κ1) is 16.7. The Morgan fingerprint density at radius 3 is 2.56 bits per heavy atom. The topological polar surface area (TPSA) is 79.6 Å². The Balaban J connectivity index is 1.99. The number of benzene rings is 1. The number of nitrogens with one attached hydrogen (secondary N) is 1. The van der Waals surface area contributed by atoms with Crippen molar-refractivity contribution in [3.63, 3.8) is 0 Å². The summed E-state index contributed by atoms with van der Waals surface area (Å²) in [4.78, 5) is 38.5. The van der Waals surface area contributed by atoms with Gasteiger partial charge in [-0.05, 0) is 24.6 Å². The maximum atomic E-state index is 12.3. The predicted octanol–water partition coefficient (Wildman–Crippen LogP) is 2.77. The van der Waals surface area contributed by atoms with Gasteiger partial charge < -0.3 is 14.6 Å². The van der Waals surface area contributed by atoms with Gasteiger partial charge in [-0.2, -0.15) is 0 Å². The molecule has 1 aromatic heterocycles. The lowest BCUT2D eigenvalue weighted by Gasteiger charge is -2.18. The summed E-state index contributed by atoms with van der Waals surface area (Å²) in [6.45, 7) is 0. The first-order chi connectivity index (χ1) is 12.0. The number of Topliss-reactive ketones (excluding diaryl/α,β-unsaturated/α-hetero) is 1. The van der Waals surface area contributed by atoms with Crippen molar-refractivity contribution in [3.8, 4) is 0 Å². The van der Waals surface area contributed by atoms with E-state index in [2.05, 4.69) is 5.32 Å². The molecule has 6 heteroatoms. The zero-order chi connectivity index (χ0) is 18.0. The number of nitrogens with zero attached hydrogens (tertiary/aromatic N) is 1. The third kappa shape index (κ3) is 3.52. The summed E-state index contributed by atoms with van der Waals surface area (Å²) in [5, 5.41) is 2.53. The predicted molar refractivity (Wildman–Crippen MR) is 94.6 cm³/mol. The zero-order valence-electron chi connectivity index (χ0n) is 14.0. The van der Waals surface area contributed by atoms with E-state index in [4.69, 9.17) is 4.42 Å². The first-order valence-corrected chi connectivity index (χ1v) is 7.91. The largest absolute Gasteiger partial charge is 0.421 e. The molecular formula is C19H18N2O4. The van der Waals surface area contributed by atoms with Crippen LogP contribution in [0.1, 0.15) is 39.3 Å². The van der Waals surface area contributed by atoms with Crippen molar-refractivity contribution >= 4 is 23.0 Å². The van der Waals surface area contributed by atoms with Crippen LogP contribution in [0, 0.1) is 0 Å². The van der Waals surface area contributed by atoms with Gasteiger partial charge in [-0.3, -0.25) is 9.59 Å². The third-order valence-corrected chi connectivity index (χ3v) is 3.86. The van der Waals surface area contributed by atoms with Crippen molar-refractivity contribution in [2.24, 2.45) is 0 Å². The average molecular weight is 338 g/mol. The van der Waals surface area contributed by atoms with E-state index in [1.807, 2.05) is 25.2 Å². The Morgan fingerprint density at radius 1 is 1.16 bits per heavy atom. The summed E-state index contributed by atoms with van der Waals surface area (Å²) >= 11 is 0. The molecule has 0 radical (unpaired) electrons. The van der Waals surface area contributed by atoms with E-state index in [1.165, 1.54) is 6.07 Å². The fourth-order valence-electron chi connectivity index (χ4n) is 2.72. The summed E-state index contributed by atoms with van der Waals surface area (Å²) < 4.78 is 5.37. The minimum atomic E-state index is -0.678. The van der Waals surface area contributed by atoms with Gasteiger partial charge in [0.2, 0.25) is 0 Å². The molecule has 2 aromatic rings. The minimum absolute atomic E-state index is 0.0351. The van der Waals surface area contributed by atoms with Crippen molar-refractivity contribution in [2.45, 2.75) is 12.8 Å². The second kappa shape index (κ2) is 6.76. The molecule has 0 saturated carbocycles. The fraction of sp³-hybridized carbons (Fsp3) is 0.211. The van der Waals surface area contributed by atoms with Crippen LogP contribution in [0.4, 0.5) is 5.69 Å². The van der Waals surface area contributed by atoms with Crippen LogP contribution in [-0.4, -0.2) is 30.7 Å².